The van der Waals surface area contributed by atoms with Crippen molar-refractivity contribution in [2.45, 2.75) is 25.6 Å². The van der Waals surface area contributed by atoms with Crippen molar-refractivity contribution < 1.29 is 14.3 Å². The Kier molecular flexibility index (Phi) is 5.46. The molecule has 0 saturated carbocycles. The van der Waals surface area contributed by atoms with Crippen molar-refractivity contribution in [1.82, 2.24) is 4.90 Å². The number of piperidine rings is 1. The molecule has 1 aliphatic heterocycles. The van der Waals surface area contributed by atoms with Gasteiger partial charge >= 0.3 is 0 Å². The molecule has 2 N–H and O–H groups in total. The van der Waals surface area contributed by atoms with Crippen molar-refractivity contribution in [3.63, 3.8) is 0 Å². The van der Waals surface area contributed by atoms with Crippen LogP contribution in [0.4, 0.5) is 0 Å². The molecule has 2 aromatic carbocycles. The summed E-state index contributed by atoms with van der Waals surface area (Å²) in [6.07, 6.45) is 1.79. The minimum absolute atomic E-state index is 0.0652. The number of nitrogens with zero attached hydrogens (tertiary/aromatic N) is 1. The molecule has 5 heteroatoms. The van der Waals surface area contributed by atoms with Gasteiger partial charge in [0.1, 0.15) is 0 Å². The molecule has 5 nitrogen and oxygen atoms in total. The van der Waals surface area contributed by atoms with Crippen molar-refractivity contribution >= 4 is 11.8 Å². The van der Waals surface area contributed by atoms with Crippen molar-refractivity contribution in [3.05, 3.63) is 71.3 Å². The van der Waals surface area contributed by atoms with E-state index < -0.39 is 5.91 Å². The van der Waals surface area contributed by atoms with Gasteiger partial charge in [0.05, 0.1) is 12.7 Å². The van der Waals surface area contributed by atoms with Gasteiger partial charge < -0.3 is 15.4 Å². The summed E-state index contributed by atoms with van der Waals surface area (Å²) < 4.78 is 5.95. The lowest BCUT2D eigenvalue weighted by Gasteiger charge is -2.32. The number of nitrogens with two attached hydrogens (primary N) is 1. The van der Waals surface area contributed by atoms with Crippen LogP contribution in [0.1, 0.15) is 39.1 Å². The molecule has 1 heterocycles. The fraction of sp³-hybridized carbons (Fsp3) is 0.300. The monoisotopic (exact) mass is 338 g/mol. The van der Waals surface area contributed by atoms with Gasteiger partial charge in [-0.3, -0.25) is 9.59 Å². The zero-order valence-corrected chi connectivity index (χ0v) is 14.1. The second kappa shape index (κ2) is 7.94. The van der Waals surface area contributed by atoms with Crippen LogP contribution in [0, 0.1) is 0 Å². The normalized spacial score (nSPS) is 15.1. The van der Waals surface area contributed by atoms with Gasteiger partial charge in [-0.2, -0.15) is 0 Å². The van der Waals surface area contributed by atoms with Gasteiger partial charge in [0.15, 0.2) is 0 Å². The summed E-state index contributed by atoms with van der Waals surface area (Å²) in [5.74, 6) is -0.590. The first-order chi connectivity index (χ1) is 12.1. The maximum atomic E-state index is 12.6. The molecule has 0 unspecified atom stereocenters. The highest BCUT2D eigenvalue weighted by molar-refractivity contribution is 5.99. The van der Waals surface area contributed by atoms with Gasteiger partial charge in [0, 0.05) is 24.2 Å². The second-order valence-corrected chi connectivity index (χ2v) is 6.23. The summed E-state index contributed by atoms with van der Waals surface area (Å²) in [7, 11) is 0. The topological polar surface area (TPSA) is 72.6 Å². The molecule has 1 fully saturated rings. The summed E-state index contributed by atoms with van der Waals surface area (Å²) in [5.41, 5.74) is 7.29. The molecule has 1 aliphatic rings. The average molecular weight is 338 g/mol. The zero-order chi connectivity index (χ0) is 17.6. The van der Waals surface area contributed by atoms with Gasteiger partial charge in [-0.1, -0.05) is 36.4 Å². The van der Waals surface area contributed by atoms with Gasteiger partial charge in [0.2, 0.25) is 5.91 Å². The summed E-state index contributed by atoms with van der Waals surface area (Å²) in [6.45, 7) is 1.90. The number of ether oxygens (including phenoxy) is 1. The molecule has 0 radical (unpaired) electrons. The van der Waals surface area contributed by atoms with Crippen LogP contribution in [0.5, 0.6) is 0 Å². The van der Waals surface area contributed by atoms with E-state index in [1.165, 1.54) is 0 Å². The van der Waals surface area contributed by atoms with Gasteiger partial charge in [-0.25, -0.2) is 0 Å². The molecule has 0 aromatic heterocycles. The third-order valence-corrected chi connectivity index (χ3v) is 4.45. The van der Waals surface area contributed by atoms with Crippen LogP contribution in [-0.2, 0) is 11.3 Å². The Bertz CT molecular complexity index is 738. The first-order valence-electron chi connectivity index (χ1n) is 8.48. The van der Waals surface area contributed by atoms with E-state index in [9.17, 15) is 9.59 Å². The minimum atomic E-state index is -0.525. The number of hydrogen-bond donors (Lipinski definition) is 1. The molecule has 2 amide bonds. The lowest BCUT2D eigenvalue weighted by atomic mass is 10.0. The number of hydrogen-bond acceptors (Lipinski definition) is 3. The van der Waals surface area contributed by atoms with E-state index >= 15 is 0 Å². The Morgan fingerprint density at radius 3 is 2.36 bits per heavy atom. The molecular weight excluding hydrogens is 316 g/mol. The van der Waals surface area contributed by atoms with E-state index in [2.05, 4.69) is 0 Å². The highest BCUT2D eigenvalue weighted by atomic mass is 16.5. The molecule has 130 valence electrons. The molecule has 3 rings (SSSR count). The third kappa shape index (κ3) is 4.45. The lowest BCUT2D eigenvalue weighted by molar-refractivity contribution is -0.000380. The number of amides is 2. The highest BCUT2D eigenvalue weighted by Crippen LogP contribution is 2.18. The fourth-order valence-electron chi connectivity index (χ4n) is 3.00. The number of likely N-dealkylation sites (tertiary alicyclic amines) is 1. The Hall–Kier alpha value is -2.66. The summed E-state index contributed by atoms with van der Waals surface area (Å²) in [4.78, 5) is 25.7. The molecule has 0 aliphatic carbocycles. The highest BCUT2D eigenvalue weighted by Gasteiger charge is 2.24. The van der Waals surface area contributed by atoms with Crippen molar-refractivity contribution in [1.29, 1.82) is 0 Å². The lowest BCUT2D eigenvalue weighted by Crippen LogP contribution is -2.40. The molecule has 1 saturated heterocycles. The number of rotatable bonds is 5. The molecule has 0 bridgehead atoms. The largest absolute Gasteiger partial charge is 0.373 e. The Balaban J connectivity index is 1.52. The number of carbonyl (C=O) groups is 2. The quantitative estimate of drug-likeness (QED) is 0.911. The summed E-state index contributed by atoms with van der Waals surface area (Å²) in [6, 6.07) is 16.6. The van der Waals surface area contributed by atoms with Gasteiger partial charge in [0.25, 0.3) is 5.91 Å². The Labute approximate surface area is 147 Å². The van der Waals surface area contributed by atoms with E-state index in [0.29, 0.717) is 30.8 Å². The fourth-order valence-corrected chi connectivity index (χ4v) is 3.00. The predicted octanol–water partition coefficient (Wildman–Crippen LogP) is 2.61. The summed E-state index contributed by atoms with van der Waals surface area (Å²) >= 11 is 0. The molecule has 0 atom stereocenters. The van der Waals surface area contributed by atoms with Crippen LogP contribution in [0.15, 0.2) is 54.6 Å². The van der Waals surface area contributed by atoms with E-state index in [4.69, 9.17) is 10.5 Å². The van der Waals surface area contributed by atoms with E-state index in [1.54, 1.807) is 24.3 Å². The van der Waals surface area contributed by atoms with Crippen LogP contribution >= 0.6 is 0 Å². The number of benzene rings is 2. The van der Waals surface area contributed by atoms with Gasteiger partial charge in [-0.15, -0.1) is 0 Å². The van der Waals surface area contributed by atoms with Crippen LogP contribution in [0.3, 0.4) is 0 Å². The van der Waals surface area contributed by atoms with Crippen LogP contribution in [0.25, 0.3) is 0 Å². The van der Waals surface area contributed by atoms with E-state index in [1.807, 2.05) is 35.2 Å². The summed E-state index contributed by atoms with van der Waals surface area (Å²) in [5, 5.41) is 0. The molecule has 25 heavy (non-hydrogen) atoms. The van der Waals surface area contributed by atoms with Crippen molar-refractivity contribution in [3.8, 4) is 0 Å². The second-order valence-electron chi connectivity index (χ2n) is 6.23. The predicted molar refractivity (Wildman–Crippen MR) is 95.1 cm³/mol. The molecule has 2 aromatic rings. The first-order valence-corrected chi connectivity index (χ1v) is 8.48. The molecular formula is C20H22N2O3. The Morgan fingerprint density at radius 2 is 1.68 bits per heavy atom. The maximum absolute atomic E-state index is 12.6. The zero-order valence-electron chi connectivity index (χ0n) is 14.1. The minimum Gasteiger partial charge on any atom is -0.373 e. The average Bonchev–Trinajstić information content (AvgIpc) is 2.67. The van der Waals surface area contributed by atoms with Crippen molar-refractivity contribution in [2.24, 2.45) is 5.73 Å². The van der Waals surface area contributed by atoms with Gasteiger partial charge in [-0.05, 0) is 36.6 Å². The van der Waals surface area contributed by atoms with Crippen LogP contribution in [-0.4, -0.2) is 35.9 Å². The van der Waals surface area contributed by atoms with E-state index in [0.717, 1.165) is 18.4 Å². The number of primary amides is 1. The maximum Gasteiger partial charge on any atom is 0.253 e. The number of carbonyl (C=O) groups excluding carboxylic acids is 2. The SMILES string of the molecule is NC(=O)c1cccc(C(=O)N2CCC(OCc3ccccc3)CC2)c1. The standard InChI is InChI=1S/C20H22N2O3/c21-19(23)16-7-4-8-17(13-16)20(24)22-11-9-18(10-12-22)25-14-15-5-2-1-3-6-15/h1-8,13,18H,9-12,14H2,(H2,21,23). The third-order valence-electron chi connectivity index (χ3n) is 4.45. The Morgan fingerprint density at radius 1 is 1.00 bits per heavy atom. The van der Waals surface area contributed by atoms with Crippen LogP contribution < -0.4 is 5.73 Å². The van der Waals surface area contributed by atoms with Crippen molar-refractivity contribution in [2.75, 3.05) is 13.1 Å². The van der Waals surface area contributed by atoms with Crippen LogP contribution in [0.2, 0.25) is 0 Å². The smallest absolute Gasteiger partial charge is 0.253 e. The van der Waals surface area contributed by atoms with E-state index in [-0.39, 0.29) is 12.0 Å². The first kappa shape index (κ1) is 17.2. The molecule has 0 spiro atoms.